The highest BCUT2D eigenvalue weighted by molar-refractivity contribution is 6.31. The average molecular weight is 267 g/mol. The number of hydrogen-bond donors (Lipinski definition) is 0. The third-order valence-electron chi connectivity index (χ3n) is 3.13. The second kappa shape index (κ2) is 5.40. The van der Waals surface area contributed by atoms with E-state index in [0.717, 1.165) is 31.5 Å². The number of rotatable bonds is 2. The Labute approximate surface area is 111 Å². The van der Waals surface area contributed by atoms with Crippen LogP contribution in [0.3, 0.4) is 0 Å². The quantitative estimate of drug-likeness (QED) is 0.767. The maximum atomic E-state index is 11.8. The molecule has 1 amide bonds. The van der Waals surface area contributed by atoms with Gasteiger partial charge in [0.25, 0.3) is 0 Å². The first-order valence-electron chi connectivity index (χ1n) is 5.85. The molecule has 5 heteroatoms. The molecule has 1 aromatic carbocycles. The summed E-state index contributed by atoms with van der Waals surface area (Å²) in [6.45, 7) is 1.82. The molecule has 1 saturated heterocycles. The number of carbonyl (C=O) groups excluding carboxylic acids is 2. The first-order valence-corrected chi connectivity index (χ1v) is 6.23. The van der Waals surface area contributed by atoms with E-state index in [4.69, 9.17) is 11.6 Å². The van der Waals surface area contributed by atoms with Crippen LogP contribution in [0.15, 0.2) is 18.2 Å². The van der Waals surface area contributed by atoms with Gasteiger partial charge in [0, 0.05) is 36.4 Å². The van der Waals surface area contributed by atoms with Gasteiger partial charge < -0.3 is 9.80 Å². The van der Waals surface area contributed by atoms with Crippen LogP contribution in [0.25, 0.3) is 0 Å². The van der Waals surface area contributed by atoms with Crippen LogP contribution in [-0.2, 0) is 4.79 Å². The third-order valence-corrected chi connectivity index (χ3v) is 3.37. The van der Waals surface area contributed by atoms with E-state index < -0.39 is 0 Å². The summed E-state index contributed by atoms with van der Waals surface area (Å²) >= 11 is 5.87. The zero-order valence-electron chi connectivity index (χ0n) is 10.2. The number of halogens is 1. The lowest BCUT2D eigenvalue weighted by Crippen LogP contribution is -2.34. The molecule has 4 nitrogen and oxygen atoms in total. The number of nitrogens with zero attached hydrogens (tertiary/aromatic N) is 2. The summed E-state index contributed by atoms with van der Waals surface area (Å²) in [6, 6.07) is 5.16. The minimum Gasteiger partial charge on any atom is -0.362 e. The first kappa shape index (κ1) is 12.9. The molecule has 0 spiro atoms. The van der Waals surface area contributed by atoms with Gasteiger partial charge in [0.1, 0.15) is 0 Å². The number of amides is 1. The fraction of sp³-hybridized carbons (Fsp3) is 0.385. The molecule has 0 bridgehead atoms. The molecule has 0 N–H and O–H groups in total. The van der Waals surface area contributed by atoms with Crippen molar-refractivity contribution in [2.45, 2.75) is 6.42 Å². The van der Waals surface area contributed by atoms with Crippen LogP contribution in [0.1, 0.15) is 16.8 Å². The molecule has 0 saturated carbocycles. The van der Waals surface area contributed by atoms with Crippen molar-refractivity contribution in [2.75, 3.05) is 31.6 Å². The monoisotopic (exact) mass is 266 g/mol. The summed E-state index contributed by atoms with van der Waals surface area (Å²) in [7, 11) is 1.80. The standard InChI is InChI=1S/C13H15ClN2O2/c1-15-5-2-6-16(8-13(15)18)12-4-3-11(14)7-10(12)9-17/h3-4,7,9H,2,5-6,8H2,1H3. The molecule has 2 rings (SSSR count). The van der Waals surface area contributed by atoms with E-state index in [2.05, 4.69) is 0 Å². The number of aldehydes is 1. The molecule has 1 aliphatic heterocycles. The Morgan fingerprint density at radius 1 is 1.33 bits per heavy atom. The van der Waals surface area contributed by atoms with Crippen LogP contribution in [0.5, 0.6) is 0 Å². The fourth-order valence-corrected chi connectivity index (χ4v) is 2.28. The van der Waals surface area contributed by atoms with Crippen LogP contribution in [0.4, 0.5) is 5.69 Å². The van der Waals surface area contributed by atoms with Gasteiger partial charge in [-0.05, 0) is 24.6 Å². The minimum atomic E-state index is 0.0688. The fourth-order valence-electron chi connectivity index (χ4n) is 2.10. The molecule has 18 heavy (non-hydrogen) atoms. The molecule has 0 unspecified atom stereocenters. The van der Waals surface area contributed by atoms with Gasteiger partial charge in [0.15, 0.2) is 6.29 Å². The Kier molecular flexibility index (Phi) is 3.87. The van der Waals surface area contributed by atoms with Gasteiger partial charge in [-0.1, -0.05) is 11.6 Å². The highest BCUT2D eigenvalue weighted by Gasteiger charge is 2.20. The normalized spacial score (nSPS) is 16.7. The molecule has 0 atom stereocenters. The lowest BCUT2D eigenvalue weighted by molar-refractivity contribution is -0.127. The smallest absolute Gasteiger partial charge is 0.241 e. The van der Waals surface area contributed by atoms with Crippen molar-refractivity contribution in [1.82, 2.24) is 4.90 Å². The summed E-state index contributed by atoms with van der Waals surface area (Å²) in [5.41, 5.74) is 1.30. The molecule has 96 valence electrons. The molecule has 0 radical (unpaired) electrons. The highest BCUT2D eigenvalue weighted by Crippen LogP contribution is 2.24. The molecular formula is C13H15ClN2O2. The van der Waals surface area contributed by atoms with Crippen LogP contribution < -0.4 is 4.90 Å². The van der Waals surface area contributed by atoms with Gasteiger partial charge in [0.05, 0.1) is 6.54 Å². The third kappa shape index (κ3) is 2.64. The molecule has 0 aromatic heterocycles. The van der Waals surface area contributed by atoms with Crippen molar-refractivity contribution in [3.8, 4) is 0 Å². The topological polar surface area (TPSA) is 40.6 Å². The Balaban J connectivity index is 2.30. The van der Waals surface area contributed by atoms with E-state index in [0.29, 0.717) is 17.1 Å². The van der Waals surface area contributed by atoms with Gasteiger partial charge >= 0.3 is 0 Å². The van der Waals surface area contributed by atoms with Gasteiger partial charge in [-0.3, -0.25) is 9.59 Å². The molecule has 1 aliphatic rings. The highest BCUT2D eigenvalue weighted by atomic mass is 35.5. The van der Waals surface area contributed by atoms with E-state index >= 15 is 0 Å². The van der Waals surface area contributed by atoms with E-state index in [1.54, 1.807) is 30.1 Å². The number of likely N-dealkylation sites (N-methyl/N-ethyl adjacent to an activating group) is 1. The van der Waals surface area contributed by atoms with Crippen LogP contribution in [0, 0.1) is 0 Å². The van der Waals surface area contributed by atoms with E-state index in [9.17, 15) is 9.59 Å². The summed E-state index contributed by atoms with van der Waals surface area (Å²) in [4.78, 5) is 26.6. The Morgan fingerprint density at radius 2 is 2.11 bits per heavy atom. The largest absolute Gasteiger partial charge is 0.362 e. The summed E-state index contributed by atoms with van der Waals surface area (Å²) in [6.07, 6.45) is 1.67. The Morgan fingerprint density at radius 3 is 2.83 bits per heavy atom. The molecule has 1 heterocycles. The van der Waals surface area contributed by atoms with Crippen LogP contribution >= 0.6 is 11.6 Å². The first-order chi connectivity index (χ1) is 8.61. The Hall–Kier alpha value is -1.55. The SMILES string of the molecule is CN1CCCN(c2ccc(Cl)cc2C=O)CC1=O. The summed E-state index contributed by atoms with van der Waals surface area (Å²) in [5.74, 6) is 0.0688. The van der Waals surface area contributed by atoms with Crippen LogP contribution in [-0.4, -0.2) is 43.8 Å². The predicted molar refractivity (Wildman–Crippen MR) is 71.3 cm³/mol. The van der Waals surface area contributed by atoms with Gasteiger partial charge in [-0.15, -0.1) is 0 Å². The van der Waals surface area contributed by atoms with Crippen molar-refractivity contribution >= 4 is 29.5 Å². The predicted octanol–water partition coefficient (Wildman–Crippen LogP) is 1.82. The number of hydrogen-bond acceptors (Lipinski definition) is 3. The molecular weight excluding hydrogens is 252 g/mol. The second-order valence-electron chi connectivity index (χ2n) is 4.41. The van der Waals surface area contributed by atoms with Crippen LogP contribution in [0.2, 0.25) is 5.02 Å². The number of anilines is 1. The van der Waals surface area contributed by atoms with Crippen molar-refractivity contribution in [3.05, 3.63) is 28.8 Å². The van der Waals surface area contributed by atoms with Gasteiger partial charge in [-0.25, -0.2) is 0 Å². The number of carbonyl (C=O) groups is 2. The summed E-state index contributed by atoms with van der Waals surface area (Å²) < 4.78 is 0. The van der Waals surface area contributed by atoms with Crippen molar-refractivity contribution in [1.29, 1.82) is 0 Å². The van der Waals surface area contributed by atoms with Crippen molar-refractivity contribution < 1.29 is 9.59 Å². The summed E-state index contributed by atoms with van der Waals surface area (Å²) in [5, 5.41) is 0.527. The number of benzene rings is 1. The van der Waals surface area contributed by atoms with E-state index in [1.165, 1.54) is 0 Å². The lowest BCUT2D eigenvalue weighted by atomic mass is 10.1. The maximum absolute atomic E-state index is 11.8. The van der Waals surface area contributed by atoms with E-state index in [-0.39, 0.29) is 5.91 Å². The van der Waals surface area contributed by atoms with Crippen molar-refractivity contribution in [2.24, 2.45) is 0 Å². The van der Waals surface area contributed by atoms with Gasteiger partial charge in [-0.2, -0.15) is 0 Å². The van der Waals surface area contributed by atoms with Crippen molar-refractivity contribution in [3.63, 3.8) is 0 Å². The molecule has 0 aliphatic carbocycles. The second-order valence-corrected chi connectivity index (χ2v) is 4.85. The zero-order chi connectivity index (χ0) is 13.1. The minimum absolute atomic E-state index is 0.0688. The maximum Gasteiger partial charge on any atom is 0.241 e. The molecule has 1 aromatic rings. The molecule has 1 fully saturated rings. The average Bonchev–Trinajstić information content (AvgIpc) is 2.52. The van der Waals surface area contributed by atoms with Gasteiger partial charge in [0.2, 0.25) is 5.91 Å². The Bertz CT molecular complexity index is 476. The zero-order valence-corrected chi connectivity index (χ0v) is 11.0. The van der Waals surface area contributed by atoms with E-state index in [1.807, 2.05) is 4.90 Å². The lowest BCUT2D eigenvalue weighted by Gasteiger charge is -2.23.